The number of benzene rings is 2. The van der Waals surface area contributed by atoms with Gasteiger partial charge in [0.25, 0.3) is 0 Å². The first-order valence-corrected chi connectivity index (χ1v) is 5.96. The summed E-state index contributed by atoms with van der Waals surface area (Å²) in [5, 5.41) is 10.1. The van der Waals surface area contributed by atoms with Crippen molar-refractivity contribution in [1.82, 2.24) is 0 Å². The second kappa shape index (κ2) is 5.04. The van der Waals surface area contributed by atoms with Crippen molar-refractivity contribution in [2.45, 2.75) is 6.10 Å². The fourth-order valence-electron chi connectivity index (χ4n) is 1.63. The molecule has 94 valence electrons. The molecule has 1 unspecified atom stereocenters. The molecule has 0 aliphatic rings. The third-order valence-corrected chi connectivity index (χ3v) is 3.27. The first-order valence-electron chi connectivity index (χ1n) is 5.17. The van der Waals surface area contributed by atoms with Gasteiger partial charge < -0.3 is 10.8 Å². The number of nitrogens with two attached hydrogens (primary N) is 1. The molecule has 0 aliphatic carbocycles. The van der Waals surface area contributed by atoms with Gasteiger partial charge in [0.15, 0.2) is 11.6 Å². The lowest BCUT2D eigenvalue weighted by Gasteiger charge is -2.14. The minimum absolute atomic E-state index is 0.277. The van der Waals surface area contributed by atoms with Crippen LogP contribution in [0.1, 0.15) is 17.2 Å². The fraction of sp³-hybridized carbons (Fsp3) is 0.0769. The molecule has 2 rings (SSSR count). The van der Waals surface area contributed by atoms with Crippen LogP contribution < -0.4 is 5.73 Å². The Labute approximate surface area is 111 Å². The molecule has 2 aromatic rings. The van der Waals surface area contributed by atoms with Crippen molar-refractivity contribution < 1.29 is 13.9 Å². The Morgan fingerprint density at radius 1 is 1.06 bits per heavy atom. The number of aliphatic hydroxyl groups is 1. The van der Waals surface area contributed by atoms with Crippen molar-refractivity contribution in [1.29, 1.82) is 0 Å². The van der Waals surface area contributed by atoms with E-state index in [1.807, 2.05) is 0 Å². The highest BCUT2D eigenvalue weighted by atomic mass is 79.9. The lowest BCUT2D eigenvalue weighted by Crippen LogP contribution is -2.02. The number of anilines is 1. The average molecular weight is 314 g/mol. The van der Waals surface area contributed by atoms with Crippen molar-refractivity contribution in [3.05, 3.63) is 63.6 Å². The maximum absolute atomic E-state index is 13.1. The fourth-order valence-corrected chi connectivity index (χ4v) is 2.24. The van der Waals surface area contributed by atoms with Crippen LogP contribution in [0.4, 0.5) is 14.5 Å². The Hall–Kier alpha value is -1.46. The Morgan fingerprint density at radius 2 is 1.78 bits per heavy atom. The van der Waals surface area contributed by atoms with Gasteiger partial charge in [-0.2, -0.15) is 0 Å². The predicted molar refractivity (Wildman–Crippen MR) is 69.0 cm³/mol. The van der Waals surface area contributed by atoms with Crippen LogP contribution in [0.5, 0.6) is 0 Å². The largest absolute Gasteiger partial charge is 0.399 e. The summed E-state index contributed by atoms with van der Waals surface area (Å²) in [7, 11) is 0. The minimum atomic E-state index is -1.05. The molecule has 0 spiro atoms. The van der Waals surface area contributed by atoms with Gasteiger partial charge in [-0.1, -0.05) is 28.1 Å². The summed E-state index contributed by atoms with van der Waals surface area (Å²) in [4.78, 5) is 0. The molecule has 0 saturated carbocycles. The van der Waals surface area contributed by atoms with Gasteiger partial charge in [-0.05, 0) is 35.4 Å². The van der Waals surface area contributed by atoms with Gasteiger partial charge in [-0.25, -0.2) is 8.78 Å². The summed E-state index contributed by atoms with van der Waals surface area (Å²) in [6, 6.07) is 8.20. The van der Waals surface area contributed by atoms with E-state index in [1.54, 1.807) is 18.2 Å². The van der Waals surface area contributed by atoms with E-state index in [-0.39, 0.29) is 5.56 Å². The van der Waals surface area contributed by atoms with Crippen LogP contribution in [0, 0.1) is 11.6 Å². The average Bonchev–Trinajstić information content (AvgIpc) is 2.32. The number of halogens is 3. The first-order chi connectivity index (χ1) is 8.49. The monoisotopic (exact) mass is 313 g/mol. The standard InChI is InChI=1S/C13H10BrF2NO/c14-10-6-8(17)2-3-9(10)13(18)7-1-4-11(15)12(16)5-7/h1-6,13,18H,17H2. The third kappa shape index (κ3) is 2.52. The lowest BCUT2D eigenvalue weighted by atomic mass is 10.0. The van der Waals surface area contributed by atoms with Gasteiger partial charge >= 0.3 is 0 Å². The Kier molecular flexibility index (Phi) is 3.63. The Morgan fingerprint density at radius 3 is 2.39 bits per heavy atom. The van der Waals surface area contributed by atoms with Gasteiger partial charge in [-0.3, -0.25) is 0 Å². The molecule has 0 saturated heterocycles. The number of hydrogen-bond donors (Lipinski definition) is 2. The number of aliphatic hydroxyl groups excluding tert-OH is 1. The zero-order valence-electron chi connectivity index (χ0n) is 9.20. The molecule has 0 aliphatic heterocycles. The molecule has 0 radical (unpaired) electrons. The second-order valence-electron chi connectivity index (χ2n) is 3.86. The quantitative estimate of drug-likeness (QED) is 0.835. The minimum Gasteiger partial charge on any atom is -0.399 e. The summed E-state index contributed by atoms with van der Waals surface area (Å²) in [6.07, 6.45) is -1.05. The van der Waals surface area contributed by atoms with E-state index in [0.29, 0.717) is 15.7 Å². The van der Waals surface area contributed by atoms with Gasteiger partial charge in [0, 0.05) is 10.2 Å². The van der Waals surface area contributed by atoms with Crippen LogP contribution in [0.2, 0.25) is 0 Å². The zero-order chi connectivity index (χ0) is 13.3. The van der Waals surface area contributed by atoms with E-state index < -0.39 is 17.7 Å². The van der Waals surface area contributed by atoms with Crippen LogP contribution in [0.3, 0.4) is 0 Å². The molecular weight excluding hydrogens is 304 g/mol. The zero-order valence-corrected chi connectivity index (χ0v) is 10.8. The molecule has 3 N–H and O–H groups in total. The van der Waals surface area contributed by atoms with Crippen molar-refractivity contribution in [3.8, 4) is 0 Å². The number of nitrogen functional groups attached to an aromatic ring is 1. The van der Waals surface area contributed by atoms with E-state index in [4.69, 9.17) is 5.73 Å². The van der Waals surface area contributed by atoms with Crippen LogP contribution in [0.25, 0.3) is 0 Å². The van der Waals surface area contributed by atoms with Crippen molar-refractivity contribution in [2.75, 3.05) is 5.73 Å². The highest BCUT2D eigenvalue weighted by molar-refractivity contribution is 9.10. The van der Waals surface area contributed by atoms with Crippen LogP contribution in [-0.2, 0) is 0 Å². The topological polar surface area (TPSA) is 46.2 Å². The summed E-state index contributed by atoms with van der Waals surface area (Å²) < 4.78 is 26.5. The highest BCUT2D eigenvalue weighted by Gasteiger charge is 2.15. The van der Waals surface area contributed by atoms with Crippen molar-refractivity contribution in [2.24, 2.45) is 0 Å². The Balaban J connectivity index is 2.41. The second-order valence-corrected chi connectivity index (χ2v) is 4.71. The number of rotatable bonds is 2. The maximum Gasteiger partial charge on any atom is 0.159 e. The summed E-state index contributed by atoms with van der Waals surface area (Å²) >= 11 is 3.27. The van der Waals surface area contributed by atoms with Crippen molar-refractivity contribution >= 4 is 21.6 Å². The van der Waals surface area contributed by atoms with E-state index >= 15 is 0 Å². The molecule has 2 nitrogen and oxygen atoms in total. The molecular formula is C13H10BrF2NO. The van der Waals surface area contributed by atoms with Gasteiger partial charge in [0.1, 0.15) is 6.10 Å². The maximum atomic E-state index is 13.1. The predicted octanol–water partition coefficient (Wildman–Crippen LogP) is 3.39. The molecule has 0 amide bonds. The normalized spacial score (nSPS) is 12.4. The SMILES string of the molecule is Nc1ccc(C(O)c2ccc(F)c(F)c2)c(Br)c1. The molecule has 0 aromatic heterocycles. The molecule has 18 heavy (non-hydrogen) atoms. The van der Waals surface area contributed by atoms with Crippen LogP contribution >= 0.6 is 15.9 Å². The summed E-state index contributed by atoms with van der Waals surface area (Å²) in [5.74, 6) is -1.93. The van der Waals surface area contributed by atoms with E-state index in [9.17, 15) is 13.9 Å². The molecule has 0 heterocycles. The highest BCUT2D eigenvalue weighted by Crippen LogP contribution is 2.30. The van der Waals surface area contributed by atoms with Gasteiger partial charge in [0.05, 0.1) is 0 Å². The van der Waals surface area contributed by atoms with E-state index in [2.05, 4.69) is 15.9 Å². The summed E-state index contributed by atoms with van der Waals surface area (Å²) in [5.41, 5.74) is 6.95. The summed E-state index contributed by atoms with van der Waals surface area (Å²) in [6.45, 7) is 0. The van der Waals surface area contributed by atoms with Gasteiger partial charge in [0.2, 0.25) is 0 Å². The number of hydrogen-bond acceptors (Lipinski definition) is 2. The van der Waals surface area contributed by atoms with Crippen molar-refractivity contribution in [3.63, 3.8) is 0 Å². The Bertz CT molecular complexity index is 589. The molecule has 0 fully saturated rings. The van der Waals surface area contributed by atoms with Crippen LogP contribution in [0.15, 0.2) is 40.9 Å². The van der Waals surface area contributed by atoms with E-state index in [0.717, 1.165) is 12.1 Å². The van der Waals surface area contributed by atoms with Crippen LogP contribution in [-0.4, -0.2) is 5.11 Å². The smallest absolute Gasteiger partial charge is 0.159 e. The molecule has 5 heteroatoms. The molecule has 1 atom stereocenters. The lowest BCUT2D eigenvalue weighted by molar-refractivity contribution is 0.219. The molecule has 2 aromatic carbocycles. The first kappa shape index (κ1) is 13.0. The third-order valence-electron chi connectivity index (χ3n) is 2.58. The molecule has 0 bridgehead atoms. The van der Waals surface area contributed by atoms with E-state index in [1.165, 1.54) is 6.07 Å². The van der Waals surface area contributed by atoms with Gasteiger partial charge in [-0.15, -0.1) is 0 Å².